The second-order valence-corrected chi connectivity index (χ2v) is 4.68. The van der Waals surface area contributed by atoms with Crippen LogP contribution >= 0.6 is 0 Å². The van der Waals surface area contributed by atoms with Crippen molar-refractivity contribution in [1.82, 2.24) is 10.6 Å². The molecule has 0 aliphatic heterocycles. The first-order valence-electron chi connectivity index (χ1n) is 6.44. The predicted molar refractivity (Wildman–Crippen MR) is 68.8 cm³/mol. The zero-order valence-electron chi connectivity index (χ0n) is 10.6. The van der Waals surface area contributed by atoms with Crippen LogP contribution in [0.1, 0.15) is 18.4 Å². The largest absolute Gasteiger partial charge is 0.354 e. The number of rotatable bonds is 6. The van der Waals surface area contributed by atoms with Crippen LogP contribution in [0.25, 0.3) is 0 Å². The SMILES string of the molecule is O=C(Cc1ccccc1F)NCCNC(=O)C1CC1. The molecule has 1 aromatic rings. The van der Waals surface area contributed by atoms with E-state index in [2.05, 4.69) is 10.6 Å². The van der Waals surface area contributed by atoms with Crippen LogP contribution in [-0.4, -0.2) is 24.9 Å². The molecule has 0 radical (unpaired) electrons. The van der Waals surface area contributed by atoms with Gasteiger partial charge in [0, 0.05) is 19.0 Å². The number of nitrogens with one attached hydrogen (secondary N) is 2. The highest BCUT2D eigenvalue weighted by Gasteiger charge is 2.28. The Hall–Kier alpha value is -1.91. The van der Waals surface area contributed by atoms with Gasteiger partial charge in [0.1, 0.15) is 5.82 Å². The minimum absolute atomic E-state index is 0.0171. The van der Waals surface area contributed by atoms with Crippen molar-refractivity contribution >= 4 is 11.8 Å². The number of amides is 2. The monoisotopic (exact) mass is 264 g/mol. The van der Waals surface area contributed by atoms with E-state index in [-0.39, 0.29) is 30.0 Å². The predicted octanol–water partition coefficient (Wildman–Crippen LogP) is 1.01. The molecule has 0 aromatic heterocycles. The zero-order valence-corrected chi connectivity index (χ0v) is 10.6. The van der Waals surface area contributed by atoms with E-state index >= 15 is 0 Å². The second kappa shape index (κ2) is 6.31. The quantitative estimate of drug-likeness (QED) is 0.753. The number of benzene rings is 1. The number of hydrogen-bond donors (Lipinski definition) is 2. The maximum Gasteiger partial charge on any atom is 0.224 e. The van der Waals surface area contributed by atoms with Crippen molar-refractivity contribution < 1.29 is 14.0 Å². The molecule has 0 spiro atoms. The molecule has 2 rings (SSSR count). The Bertz CT molecular complexity index is 472. The highest BCUT2D eigenvalue weighted by Crippen LogP contribution is 2.28. The fourth-order valence-electron chi connectivity index (χ4n) is 1.75. The van der Waals surface area contributed by atoms with E-state index in [1.807, 2.05) is 0 Å². The Balaban J connectivity index is 1.64. The summed E-state index contributed by atoms with van der Waals surface area (Å²) in [5.74, 6) is -0.386. The third-order valence-electron chi connectivity index (χ3n) is 3.00. The van der Waals surface area contributed by atoms with Crippen LogP contribution in [0, 0.1) is 11.7 Å². The average Bonchev–Trinajstić information content (AvgIpc) is 3.21. The van der Waals surface area contributed by atoms with Gasteiger partial charge in [-0.25, -0.2) is 4.39 Å². The third kappa shape index (κ3) is 4.35. The van der Waals surface area contributed by atoms with Crippen molar-refractivity contribution in [3.63, 3.8) is 0 Å². The molecule has 1 aliphatic carbocycles. The van der Waals surface area contributed by atoms with E-state index in [4.69, 9.17) is 0 Å². The summed E-state index contributed by atoms with van der Waals surface area (Å²) >= 11 is 0. The molecule has 0 bridgehead atoms. The maximum atomic E-state index is 13.3. The summed E-state index contributed by atoms with van der Waals surface area (Å²) in [6.45, 7) is 0.782. The highest BCUT2D eigenvalue weighted by molar-refractivity contribution is 5.81. The van der Waals surface area contributed by atoms with E-state index < -0.39 is 0 Å². The van der Waals surface area contributed by atoms with Crippen LogP contribution in [0.15, 0.2) is 24.3 Å². The molecule has 1 aromatic carbocycles. The fraction of sp³-hybridized carbons (Fsp3) is 0.429. The lowest BCUT2D eigenvalue weighted by Crippen LogP contribution is -2.36. The van der Waals surface area contributed by atoms with Gasteiger partial charge in [-0.1, -0.05) is 18.2 Å². The molecule has 1 saturated carbocycles. The van der Waals surface area contributed by atoms with Gasteiger partial charge in [0.15, 0.2) is 0 Å². The van der Waals surface area contributed by atoms with Gasteiger partial charge < -0.3 is 10.6 Å². The normalized spacial score (nSPS) is 13.9. The van der Waals surface area contributed by atoms with Gasteiger partial charge in [-0.15, -0.1) is 0 Å². The summed E-state index contributed by atoms with van der Waals surface area (Å²) in [7, 11) is 0. The fourth-order valence-corrected chi connectivity index (χ4v) is 1.75. The molecular weight excluding hydrogens is 247 g/mol. The van der Waals surface area contributed by atoms with Gasteiger partial charge >= 0.3 is 0 Å². The molecule has 4 nitrogen and oxygen atoms in total. The minimum atomic E-state index is -0.375. The summed E-state index contributed by atoms with van der Waals surface area (Å²) in [5, 5.41) is 5.40. The van der Waals surface area contributed by atoms with E-state index in [9.17, 15) is 14.0 Å². The van der Waals surface area contributed by atoms with Crippen molar-refractivity contribution in [2.45, 2.75) is 19.3 Å². The van der Waals surface area contributed by atoms with Crippen molar-refractivity contribution in [3.8, 4) is 0 Å². The van der Waals surface area contributed by atoms with Crippen LogP contribution in [0.5, 0.6) is 0 Å². The molecule has 0 saturated heterocycles. The zero-order chi connectivity index (χ0) is 13.7. The Morgan fingerprint density at radius 1 is 1.16 bits per heavy atom. The van der Waals surface area contributed by atoms with Gasteiger partial charge in [-0.05, 0) is 24.5 Å². The molecule has 0 unspecified atom stereocenters. The first kappa shape index (κ1) is 13.5. The van der Waals surface area contributed by atoms with Crippen molar-refractivity contribution in [1.29, 1.82) is 0 Å². The summed E-state index contributed by atoms with van der Waals surface area (Å²) in [5.41, 5.74) is 0.377. The van der Waals surface area contributed by atoms with Crippen LogP contribution in [0.4, 0.5) is 4.39 Å². The number of hydrogen-bond acceptors (Lipinski definition) is 2. The Kier molecular flexibility index (Phi) is 4.49. The third-order valence-corrected chi connectivity index (χ3v) is 3.00. The molecule has 1 fully saturated rings. The summed E-state index contributed by atoms with van der Waals surface area (Å²) < 4.78 is 13.3. The van der Waals surface area contributed by atoms with Crippen molar-refractivity contribution in [3.05, 3.63) is 35.6 Å². The standard InChI is InChI=1S/C14H17FN2O2/c15-12-4-2-1-3-11(12)9-13(18)16-7-8-17-14(19)10-5-6-10/h1-4,10H,5-9H2,(H,16,18)(H,17,19). The van der Waals surface area contributed by atoms with E-state index in [1.165, 1.54) is 6.07 Å². The topological polar surface area (TPSA) is 58.2 Å². The molecular formula is C14H17FN2O2. The minimum Gasteiger partial charge on any atom is -0.354 e. The maximum absolute atomic E-state index is 13.3. The summed E-state index contributed by atoms with van der Waals surface area (Å²) in [6.07, 6.45) is 1.94. The molecule has 19 heavy (non-hydrogen) atoms. The van der Waals surface area contributed by atoms with Gasteiger partial charge in [0.25, 0.3) is 0 Å². The van der Waals surface area contributed by atoms with Gasteiger partial charge in [0.2, 0.25) is 11.8 Å². The second-order valence-electron chi connectivity index (χ2n) is 4.68. The molecule has 102 valence electrons. The molecule has 0 atom stereocenters. The molecule has 0 heterocycles. The van der Waals surface area contributed by atoms with E-state index in [0.29, 0.717) is 18.7 Å². The highest BCUT2D eigenvalue weighted by atomic mass is 19.1. The molecule has 1 aliphatic rings. The van der Waals surface area contributed by atoms with Crippen molar-refractivity contribution in [2.75, 3.05) is 13.1 Å². The van der Waals surface area contributed by atoms with Crippen LogP contribution in [0.2, 0.25) is 0 Å². The van der Waals surface area contributed by atoms with E-state index in [0.717, 1.165) is 12.8 Å². The molecule has 2 N–H and O–H groups in total. The van der Waals surface area contributed by atoms with Crippen LogP contribution in [-0.2, 0) is 16.0 Å². The first-order valence-corrected chi connectivity index (χ1v) is 6.44. The van der Waals surface area contributed by atoms with Gasteiger partial charge in [-0.2, -0.15) is 0 Å². The Morgan fingerprint density at radius 2 is 1.84 bits per heavy atom. The van der Waals surface area contributed by atoms with Crippen LogP contribution in [0.3, 0.4) is 0 Å². The lowest BCUT2D eigenvalue weighted by molar-refractivity contribution is -0.123. The van der Waals surface area contributed by atoms with Crippen LogP contribution < -0.4 is 10.6 Å². The van der Waals surface area contributed by atoms with Crippen molar-refractivity contribution in [2.24, 2.45) is 5.92 Å². The number of carbonyl (C=O) groups is 2. The van der Waals surface area contributed by atoms with Gasteiger partial charge in [0.05, 0.1) is 6.42 Å². The number of halogens is 1. The lowest BCUT2D eigenvalue weighted by atomic mass is 10.1. The summed E-state index contributed by atoms with van der Waals surface area (Å²) in [4.78, 5) is 22.9. The first-order chi connectivity index (χ1) is 9.16. The average molecular weight is 264 g/mol. The number of carbonyl (C=O) groups excluding carboxylic acids is 2. The molecule has 5 heteroatoms. The summed E-state index contributed by atoms with van der Waals surface area (Å²) in [6, 6.07) is 6.20. The Labute approximate surface area is 111 Å². The lowest BCUT2D eigenvalue weighted by Gasteiger charge is -2.07. The molecule has 2 amide bonds. The van der Waals surface area contributed by atoms with E-state index in [1.54, 1.807) is 18.2 Å². The van der Waals surface area contributed by atoms with Gasteiger partial charge in [-0.3, -0.25) is 9.59 Å². The smallest absolute Gasteiger partial charge is 0.224 e. The Morgan fingerprint density at radius 3 is 2.53 bits per heavy atom.